The van der Waals surface area contributed by atoms with Crippen LogP contribution in [0, 0.1) is 29.1 Å². The van der Waals surface area contributed by atoms with Gasteiger partial charge in [-0.05, 0) is 61.6 Å². The van der Waals surface area contributed by atoms with Crippen LogP contribution < -0.4 is 5.32 Å². The zero-order chi connectivity index (χ0) is 21.3. The van der Waals surface area contributed by atoms with Crippen LogP contribution in [-0.2, 0) is 20.7 Å². The molecule has 1 unspecified atom stereocenters. The molecule has 1 N–H and O–H groups in total. The molecule has 1 amide bonds. The van der Waals surface area contributed by atoms with E-state index < -0.39 is 6.04 Å². The van der Waals surface area contributed by atoms with Gasteiger partial charge in [0.2, 0.25) is 5.91 Å². The quantitative estimate of drug-likeness (QED) is 0.670. The van der Waals surface area contributed by atoms with Gasteiger partial charge in [-0.1, -0.05) is 50.7 Å². The number of carbonyl (C=O) groups excluding carboxylic acids is 2. The fourth-order valence-electron chi connectivity index (χ4n) is 5.20. The van der Waals surface area contributed by atoms with Crippen LogP contribution in [0.1, 0.15) is 75.3 Å². The standard InChI is InChI=1S/C25H34N2O3/c1-30-25(29)23(21-10-6-3-7-11-21)27-24(28)22(20-8-4-2-5-9-20)16-18-12-14-19(17-26)15-13-18/h12-15,20-23H,2-11,16H2,1H3,(H,27,28)/t22?,23-/m0/s1. The monoisotopic (exact) mass is 410 g/mol. The summed E-state index contributed by atoms with van der Waals surface area (Å²) in [5.41, 5.74) is 1.69. The summed E-state index contributed by atoms with van der Waals surface area (Å²) in [4.78, 5) is 26.0. The van der Waals surface area contributed by atoms with Crippen molar-refractivity contribution in [3.05, 3.63) is 35.4 Å². The van der Waals surface area contributed by atoms with Gasteiger partial charge in [-0.2, -0.15) is 5.26 Å². The molecule has 2 atom stereocenters. The number of carbonyl (C=O) groups is 2. The van der Waals surface area contributed by atoms with E-state index >= 15 is 0 Å². The Balaban J connectivity index is 1.76. The third-order valence-electron chi connectivity index (χ3n) is 6.97. The van der Waals surface area contributed by atoms with Crippen LogP contribution in [0.5, 0.6) is 0 Å². The first-order chi connectivity index (χ1) is 14.6. The van der Waals surface area contributed by atoms with E-state index in [1.807, 2.05) is 24.3 Å². The second kappa shape index (κ2) is 11.2. The Labute approximate surface area is 180 Å². The number of amides is 1. The molecule has 0 bridgehead atoms. The van der Waals surface area contributed by atoms with Gasteiger partial charge in [0, 0.05) is 5.92 Å². The second-order valence-electron chi connectivity index (χ2n) is 8.92. The Bertz CT molecular complexity index is 741. The van der Waals surface area contributed by atoms with Crippen molar-refractivity contribution in [2.45, 2.75) is 76.7 Å². The largest absolute Gasteiger partial charge is 0.467 e. The lowest BCUT2D eigenvalue weighted by Gasteiger charge is -2.33. The minimum atomic E-state index is -0.546. The van der Waals surface area contributed by atoms with Crippen LogP contribution >= 0.6 is 0 Å². The van der Waals surface area contributed by atoms with Gasteiger partial charge < -0.3 is 10.1 Å². The van der Waals surface area contributed by atoms with Crippen LogP contribution in [0.25, 0.3) is 0 Å². The fraction of sp³-hybridized carbons (Fsp3) is 0.640. The van der Waals surface area contributed by atoms with E-state index in [2.05, 4.69) is 11.4 Å². The van der Waals surface area contributed by atoms with Crippen LogP contribution in [0.3, 0.4) is 0 Å². The Morgan fingerprint density at radius 1 is 1.00 bits per heavy atom. The number of esters is 1. The molecule has 2 aliphatic carbocycles. The van der Waals surface area contributed by atoms with Crippen LogP contribution in [0.15, 0.2) is 24.3 Å². The molecule has 0 heterocycles. The van der Waals surface area contributed by atoms with Crippen LogP contribution in [-0.4, -0.2) is 25.0 Å². The normalized spacial score (nSPS) is 20.0. The molecule has 0 saturated heterocycles. The first-order valence-corrected chi connectivity index (χ1v) is 11.5. The molecule has 0 spiro atoms. The summed E-state index contributed by atoms with van der Waals surface area (Å²) in [7, 11) is 1.40. The van der Waals surface area contributed by atoms with E-state index in [-0.39, 0.29) is 23.7 Å². The van der Waals surface area contributed by atoms with E-state index in [4.69, 9.17) is 10.00 Å². The Hall–Kier alpha value is -2.35. The average Bonchev–Trinajstić information content (AvgIpc) is 2.81. The SMILES string of the molecule is COC(=O)[C@@H](NC(=O)C(Cc1ccc(C#N)cc1)C1CCCCC1)C1CCCCC1. The fourth-order valence-corrected chi connectivity index (χ4v) is 5.20. The number of methoxy groups -OCH3 is 1. The van der Waals surface area contributed by atoms with Crippen molar-refractivity contribution in [1.82, 2.24) is 5.32 Å². The number of rotatable bonds is 7. The molecule has 30 heavy (non-hydrogen) atoms. The first kappa shape index (κ1) is 22.3. The van der Waals surface area contributed by atoms with Crippen molar-refractivity contribution < 1.29 is 14.3 Å². The Morgan fingerprint density at radius 2 is 1.57 bits per heavy atom. The molecule has 5 nitrogen and oxygen atoms in total. The van der Waals surface area contributed by atoms with Gasteiger partial charge in [0.15, 0.2) is 0 Å². The van der Waals surface area contributed by atoms with E-state index in [1.54, 1.807) is 0 Å². The highest BCUT2D eigenvalue weighted by atomic mass is 16.5. The molecule has 0 radical (unpaired) electrons. The molecule has 0 aliphatic heterocycles. The zero-order valence-electron chi connectivity index (χ0n) is 18.1. The number of nitrogens with one attached hydrogen (secondary N) is 1. The lowest BCUT2D eigenvalue weighted by molar-refractivity contribution is -0.148. The molecule has 2 fully saturated rings. The van der Waals surface area contributed by atoms with Crippen molar-refractivity contribution in [3.8, 4) is 6.07 Å². The van der Waals surface area contributed by atoms with Crippen LogP contribution in [0.4, 0.5) is 0 Å². The lowest BCUT2D eigenvalue weighted by Crippen LogP contribution is -2.50. The van der Waals surface area contributed by atoms with E-state index in [9.17, 15) is 9.59 Å². The smallest absolute Gasteiger partial charge is 0.328 e. The molecule has 2 aliphatic rings. The van der Waals surface area contributed by atoms with Gasteiger partial charge in [-0.3, -0.25) is 4.79 Å². The lowest BCUT2D eigenvalue weighted by atomic mass is 9.76. The molecule has 0 aromatic heterocycles. The van der Waals surface area contributed by atoms with Gasteiger partial charge >= 0.3 is 5.97 Å². The van der Waals surface area contributed by atoms with E-state index in [0.29, 0.717) is 17.9 Å². The number of benzene rings is 1. The van der Waals surface area contributed by atoms with Crippen molar-refractivity contribution in [2.24, 2.45) is 17.8 Å². The molecular formula is C25H34N2O3. The summed E-state index contributed by atoms with van der Waals surface area (Å²) in [6.07, 6.45) is 11.6. The third kappa shape index (κ3) is 5.84. The van der Waals surface area contributed by atoms with Crippen molar-refractivity contribution in [2.75, 3.05) is 7.11 Å². The molecule has 1 aromatic carbocycles. The zero-order valence-corrected chi connectivity index (χ0v) is 18.1. The van der Waals surface area contributed by atoms with Gasteiger partial charge in [0.25, 0.3) is 0 Å². The molecule has 3 rings (SSSR count). The van der Waals surface area contributed by atoms with E-state index in [0.717, 1.165) is 56.9 Å². The molecule has 5 heteroatoms. The predicted octanol–water partition coefficient (Wildman–Crippen LogP) is 4.54. The summed E-state index contributed by atoms with van der Waals surface area (Å²) < 4.78 is 5.05. The summed E-state index contributed by atoms with van der Waals surface area (Å²) in [6, 6.07) is 9.11. The third-order valence-corrected chi connectivity index (χ3v) is 6.97. The van der Waals surface area contributed by atoms with Gasteiger partial charge in [0.1, 0.15) is 6.04 Å². The maximum atomic E-state index is 13.5. The topological polar surface area (TPSA) is 79.2 Å². The minimum absolute atomic E-state index is 0.0211. The second-order valence-corrected chi connectivity index (χ2v) is 8.92. The Morgan fingerprint density at radius 3 is 2.10 bits per heavy atom. The average molecular weight is 411 g/mol. The Kier molecular flexibility index (Phi) is 8.30. The maximum Gasteiger partial charge on any atom is 0.328 e. The van der Waals surface area contributed by atoms with Gasteiger partial charge in [-0.25, -0.2) is 4.79 Å². The van der Waals surface area contributed by atoms with Crippen LogP contribution in [0.2, 0.25) is 0 Å². The number of hydrogen-bond donors (Lipinski definition) is 1. The van der Waals surface area contributed by atoms with E-state index in [1.165, 1.54) is 20.0 Å². The predicted molar refractivity (Wildman–Crippen MR) is 115 cm³/mol. The first-order valence-electron chi connectivity index (χ1n) is 11.5. The summed E-state index contributed by atoms with van der Waals surface area (Å²) in [6.45, 7) is 0. The number of nitrogens with zero attached hydrogens (tertiary/aromatic N) is 1. The highest BCUT2D eigenvalue weighted by Gasteiger charge is 2.36. The van der Waals surface area contributed by atoms with Gasteiger partial charge in [-0.15, -0.1) is 0 Å². The van der Waals surface area contributed by atoms with Crippen molar-refractivity contribution in [3.63, 3.8) is 0 Å². The highest BCUT2D eigenvalue weighted by Crippen LogP contribution is 2.33. The highest BCUT2D eigenvalue weighted by molar-refractivity contribution is 5.86. The number of hydrogen-bond acceptors (Lipinski definition) is 4. The minimum Gasteiger partial charge on any atom is -0.467 e. The number of nitriles is 1. The summed E-state index contributed by atoms with van der Waals surface area (Å²) in [5, 5.41) is 12.2. The van der Waals surface area contributed by atoms with Crippen molar-refractivity contribution >= 4 is 11.9 Å². The molecule has 2 saturated carbocycles. The van der Waals surface area contributed by atoms with Crippen molar-refractivity contribution in [1.29, 1.82) is 5.26 Å². The maximum absolute atomic E-state index is 13.5. The molecule has 162 valence electrons. The molecule has 1 aromatic rings. The number of ether oxygens (including phenoxy) is 1. The summed E-state index contributed by atoms with van der Waals surface area (Å²) >= 11 is 0. The van der Waals surface area contributed by atoms with Gasteiger partial charge in [0.05, 0.1) is 18.7 Å². The summed E-state index contributed by atoms with van der Waals surface area (Å²) in [5.74, 6) is -0.00616. The molecular weight excluding hydrogens is 376 g/mol.